The van der Waals surface area contributed by atoms with Crippen LogP contribution in [-0.2, 0) is 15.0 Å². The molecule has 0 fully saturated rings. The molecule has 2 rings (SSSR count). The number of anilines is 2. The first-order valence-corrected chi connectivity index (χ1v) is 7.28. The Balaban J connectivity index is 2.12. The van der Waals surface area contributed by atoms with Crippen LogP contribution in [-0.4, -0.2) is 16.9 Å². The molecular formula is C18H20N2O3. The summed E-state index contributed by atoms with van der Waals surface area (Å²) < 4.78 is 0. The minimum Gasteiger partial charge on any atom is -0.508 e. The lowest BCUT2D eigenvalue weighted by Crippen LogP contribution is -2.30. The Kier molecular flexibility index (Phi) is 4.69. The van der Waals surface area contributed by atoms with Crippen molar-refractivity contribution < 1.29 is 14.7 Å². The lowest BCUT2D eigenvalue weighted by Gasteiger charge is -2.22. The van der Waals surface area contributed by atoms with Crippen LogP contribution in [0.4, 0.5) is 11.4 Å². The van der Waals surface area contributed by atoms with Gasteiger partial charge in [-0.3, -0.25) is 9.59 Å². The van der Waals surface area contributed by atoms with E-state index >= 15 is 0 Å². The lowest BCUT2D eigenvalue weighted by molar-refractivity contribution is -0.133. The number of carbonyl (C=O) groups excluding carboxylic acids is 2. The van der Waals surface area contributed by atoms with Gasteiger partial charge in [0.15, 0.2) is 0 Å². The third-order valence-corrected chi connectivity index (χ3v) is 3.29. The lowest BCUT2D eigenvalue weighted by atomic mass is 9.86. The Morgan fingerprint density at radius 1 is 0.913 bits per heavy atom. The summed E-state index contributed by atoms with van der Waals surface area (Å²) in [5, 5.41) is 14.5. The van der Waals surface area contributed by atoms with Crippen molar-refractivity contribution in [2.75, 3.05) is 10.6 Å². The summed E-state index contributed by atoms with van der Waals surface area (Å²) in [5.41, 5.74) is 1.75. The molecule has 0 heterocycles. The number of carbonyl (C=O) groups is 2. The fraction of sp³-hybridized carbons (Fsp3) is 0.222. The minimum absolute atomic E-state index is 0.0151. The Labute approximate surface area is 135 Å². The maximum absolute atomic E-state index is 12.1. The molecule has 0 aromatic heterocycles. The smallest absolute Gasteiger partial charge is 0.314 e. The number of phenolic OH excluding ortho intramolecular Hbond substituents is 1. The van der Waals surface area contributed by atoms with Gasteiger partial charge in [0.2, 0.25) is 0 Å². The Morgan fingerprint density at radius 2 is 1.57 bits per heavy atom. The number of aromatic hydroxyl groups is 1. The summed E-state index contributed by atoms with van der Waals surface area (Å²) in [6, 6.07) is 13.4. The zero-order valence-corrected chi connectivity index (χ0v) is 13.4. The van der Waals surface area contributed by atoms with Gasteiger partial charge in [-0.25, -0.2) is 0 Å². The van der Waals surface area contributed by atoms with Crippen LogP contribution >= 0.6 is 0 Å². The van der Waals surface area contributed by atoms with Crippen LogP contribution in [0.1, 0.15) is 26.3 Å². The van der Waals surface area contributed by atoms with E-state index in [1.54, 1.807) is 24.3 Å². The van der Waals surface area contributed by atoms with Crippen molar-refractivity contribution in [3.05, 3.63) is 54.1 Å². The standard InChI is InChI=1S/C18H20N2O3/c1-18(2,3)14-9-4-5-10-15(14)20-17(23)16(22)19-12-7-6-8-13(21)11-12/h4-11,21H,1-3H3,(H,19,22)(H,20,23). The van der Waals surface area contributed by atoms with Crippen LogP contribution in [0.2, 0.25) is 0 Å². The molecule has 5 heteroatoms. The normalized spacial score (nSPS) is 10.9. The van der Waals surface area contributed by atoms with Gasteiger partial charge >= 0.3 is 11.8 Å². The number of benzene rings is 2. The van der Waals surface area contributed by atoms with Crippen molar-refractivity contribution in [2.45, 2.75) is 26.2 Å². The van der Waals surface area contributed by atoms with E-state index in [0.717, 1.165) is 5.56 Å². The van der Waals surface area contributed by atoms with E-state index in [2.05, 4.69) is 10.6 Å². The van der Waals surface area contributed by atoms with Gasteiger partial charge in [0.1, 0.15) is 5.75 Å². The van der Waals surface area contributed by atoms with Crippen molar-refractivity contribution in [2.24, 2.45) is 0 Å². The summed E-state index contributed by atoms with van der Waals surface area (Å²) in [6.07, 6.45) is 0. The highest BCUT2D eigenvalue weighted by molar-refractivity contribution is 6.43. The first kappa shape index (κ1) is 16.5. The molecule has 0 spiro atoms. The number of phenols is 1. The SMILES string of the molecule is CC(C)(C)c1ccccc1NC(=O)C(=O)Nc1cccc(O)c1. The first-order chi connectivity index (χ1) is 10.8. The van der Waals surface area contributed by atoms with Crippen LogP contribution in [0, 0.1) is 0 Å². The third kappa shape index (κ3) is 4.32. The van der Waals surface area contributed by atoms with E-state index in [1.807, 2.05) is 32.9 Å². The van der Waals surface area contributed by atoms with Crippen LogP contribution in [0.5, 0.6) is 5.75 Å². The molecule has 23 heavy (non-hydrogen) atoms. The topological polar surface area (TPSA) is 78.4 Å². The van der Waals surface area contributed by atoms with Crippen molar-refractivity contribution >= 4 is 23.2 Å². The molecule has 0 aliphatic carbocycles. The van der Waals surface area contributed by atoms with Gasteiger partial charge in [0, 0.05) is 17.4 Å². The van der Waals surface area contributed by atoms with Crippen molar-refractivity contribution in [3.8, 4) is 5.75 Å². The average molecular weight is 312 g/mol. The second-order valence-electron chi connectivity index (χ2n) is 6.25. The molecule has 2 aromatic rings. The fourth-order valence-corrected chi connectivity index (χ4v) is 2.20. The molecule has 0 atom stereocenters. The monoisotopic (exact) mass is 312 g/mol. The van der Waals surface area contributed by atoms with E-state index in [9.17, 15) is 14.7 Å². The minimum atomic E-state index is -0.792. The maximum atomic E-state index is 12.1. The summed E-state index contributed by atoms with van der Waals surface area (Å²) in [5.74, 6) is -1.54. The van der Waals surface area contributed by atoms with Crippen molar-refractivity contribution in [1.82, 2.24) is 0 Å². The molecular weight excluding hydrogens is 292 g/mol. The highest BCUT2D eigenvalue weighted by Crippen LogP contribution is 2.29. The van der Waals surface area contributed by atoms with Crippen molar-refractivity contribution in [3.63, 3.8) is 0 Å². The van der Waals surface area contributed by atoms with Gasteiger partial charge < -0.3 is 15.7 Å². The van der Waals surface area contributed by atoms with Gasteiger partial charge in [0.25, 0.3) is 0 Å². The number of hydrogen-bond acceptors (Lipinski definition) is 3. The summed E-state index contributed by atoms with van der Waals surface area (Å²) in [6.45, 7) is 6.10. The van der Waals surface area contributed by atoms with Crippen LogP contribution in [0.25, 0.3) is 0 Å². The molecule has 0 unspecified atom stereocenters. The molecule has 3 N–H and O–H groups in total. The Hall–Kier alpha value is -2.82. The summed E-state index contributed by atoms with van der Waals surface area (Å²) >= 11 is 0. The number of amides is 2. The zero-order valence-electron chi connectivity index (χ0n) is 13.4. The molecule has 0 aliphatic rings. The van der Waals surface area contributed by atoms with Crippen LogP contribution < -0.4 is 10.6 Å². The second-order valence-corrected chi connectivity index (χ2v) is 6.25. The molecule has 0 radical (unpaired) electrons. The summed E-state index contributed by atoms with van der Waals surface area (Å²) in [7, 11) is 0. The number of nitrogens with one attached hydrogen (secondary N) is 2. The molecule has 0 aliphatic heterocycles. The highest BCUT2D eigenvalue weighted by atomic mass is 16.3. The Bertz CT molecular complexity index is 733. The van der Waals surface area contributed by atoms with Crippen LogP contribution in [0.3, 0.4) is 0 Å². The van der Waals surface area contributed by atoms with E-state index in [1.165, 1.54) is 12.1 Å². The first-order valence-electron chi connectivity index (χ1n) is 7.28. The van der Waals surface area contributed by atoms with Crippen molar-refractivity contribution in [1.29, 1.82) is 0 Å². The largest absolute Gasteiger partial charge is 0.508 e. The van der Waals surface area contributed by atoms with Gasteiger partial charge in [-0.05, 0) is 29.2 Å². The number of rotatable bonds is 2. The quantitative estimate of drug-likeness (QED) is 0.745. The number of hydrogen-bond donors (Lipinski definition) is 3. The highest BCUT2D eigenvalue weighted by Gasteiger charge is 2.21. The predicted octanol–water partition coefficient (Wildman–Crippen LogP) is 3.27. The molecule has 120 valence electrons. The molecule has 5 nitrogen and oxygen atoms in total. The van der Waals surface area contributed by atoms with Gasteiger partial charge in [-0.15, -0.1) is 0 Å². The maximum Gasteiger partial charge on any atom is 0.314 e. The van der Waals surface area contributed by atoms with E-state index in [0.29, 0.717) is 11.4 Å². The van der Waals surface area contributed by atoms with E-state index < -0.39 is 11.8 Å². The van der Waals surface area contributed by atoms with E-state index in [-0.39, 0.29) is 11.2 Å². The fourth-order valence-electron chi connectivity index (χ4n) is 2.20. The molecule has 0 saturated carbocycles. The molecule has 0 bridgehead atoms. The summed E-state index contributed by atoms with van der Waals surface area (Å²) in [4.78, 5) is 24.1. The number of para-hydroxylation sites is 1. The predicted molar refractivity (Wildman–Crippen MR) is 90.5 cm³/mol. The van der Waals surface area contributed by atoms with Gasteiger partial charge in [0.05, 0.1) is 0 Å². The molecule has 0 saturated heterocycles. The third-order valence-electron chi connectivity index (χ3n) is 3.29. The van der Waals surface area contributed by atoms with E-state index in [4.69, 9.17) is 0 Å². The zero-order chi connectivity index (χ0) is 17.0. The average Bonchev–Trinajstić information content (AvgIpc) is 2.46. The Morgan fingerprint density at radius 3 is 2.22 bits per heavy atom. The molecule has 2 amide bonds. The molecule has 2 aromatic carbocycles. The van der Waals surface area contributed by atoms with Gasteiger partial charge in [-0.1, -0.05) is 45.0 Å². The van der Waals surface area contributed by atoms with Gasteiger partial charge in [-0.2, -0.15) is 0 Å². The van der Waals surface area contributed by atoms with Crippen LogP contribution in [0.15, 0.2) is 48.5 Å². The second kappa shape index (κ2) is 6.52.